The maximum absolute atomic E-state index is 12.6. The molecule has 25 heavy (non-hydrogen) atoms. The van der Waals surface area contributed by atoms with Crippen molar-refractivity contribution in [3.8, 4) is 0 Å². The number of anilines is 1. The molecule has 1 N–H and O–H groups in total. The summed E-state index contributed by atoms with van der Waals surface area (Å²) in [6, 6.07) is 13.2. The van der Waals surface area contributed by atoms with E-state index in [0.717, 1.165) is 0 Å². The van der Waals surface area contributed by atoms with E-state index < -0.39 is 18.0 Å². The van der Waals surface area contributed by atoms with Crippen molar-refractivity contribution in [2.75, 3.05) is 5.32 Å². The third kappa shape index (κ3) is 4.16. The Hall–Kier alpha value is -2.87. The lowest BCUT2D eigenvalue weighted by Crippen LogP contribution is -2.26. The standard InChI is InChI=1S/C17H13BrN2O5/c1-10-9-14(20-25-10)19-16(21)15(11-5-3-2-4-6-11)24-17(22)12-7-8-13(18)23-12/h2-9,15H,1H3,(H,19,20,21). The Bertz CT molecular complexity index is 887. The van der Waals surface area contributed by atoms with E-state index in [1.165, 1.54) is 6.07 Å². The highest BCUT2D eigenvalue weighted by Gasteiger charge is 2.27. The first-order valence-electron chi connectivity index (χ1n) is 7.28. The monoisotopic (exact) mass is 404 g/mol. The molecule has 3 aromatic rings. The summed E-state index contributed by atoms with van der Waals surface area (Å²) in [5.74, 6) is -0.549. The Morgan fingerprint density at radius 3 is 2.56 bits per heavy atom. The predicted molar refractivity (Wildman–Crippen MR) is 90.9 cm³/mol. The quantitative estimate of drug-likeness (QED) is 0.648. The second-order valence-corrected chi connectivity index (χ2v) is 5.89. The zero-order valence-electron chi connectivity index (χ0n) is 13.1. The fourth-order valence-electron chi connectivity index (χ4n) is 2.11. The number of amides is 1. The van der Waals surface area contributed by atoms with Crippen molar-refractivity contribution in [3.05, 3.63) is 70.3 Å². The number of hydrogen-bond acceptors (Lipinski definition) is 6. The van der Waals surface area contributed by atoms with Gasteiger partial charge >= 0.3 is 5.97 Å². The number of carbonyl (C=O) groups excluding carboxylic acids is 2. The number of furan rings is 1. The third-order valence-electron chi connectivity index (χ3n) is 3.22. The molecule has 1 aromatic carbocycles. The summed E-state index contributed by atoms with van der Waals surface area (Å²) in [6.07, 6.45) is -1.17. The summed E-state index contributed by atoms with van der Waals surface area (Å²) in [4.78, 5) is 24.8. The molecule has 0 aliphatic heterocycles. The van der Waals surface area contributed by atoms with Crippen LogP contribution in [-0.2, 0) is 9.53 Å². The van der Waals surface area contributed by atoms with E-state index >= 15 is 0 Å². The number of benzene rings is 1. The molecule has 0 radical (unpaired) electrons. The average Bonchev–Trinajstić information content (AvgIpc) is 3.21. The minimum absolute atomic E-state index is 0.0158. The van der Waals surface area contributed by atoms with Crippen molar-refractivity contribution in [1.82, 2.24) is 5.16 Å². The van der Waals surface area contributed by atoms with Crippen LogP contribution < -0.4 is 5.32 Å². The number of esters is 1. The van der Waals surface area contributed by atoms with Crippen molar-refractivity contribution in [3.63, 3.8) is 0 Å². The second-order valence-electron chi connectivity index (χ2n) is 5.11. The number of rotatable bonds is 5. The van der Waals surface area contributed by atoms with Crippen LogP contribution in [0, 0.1) is 6.92 Å². The lowest BCUT2D eigenvalue weighted by Gasteiger charge is -2.16. The number of hydrogen-bond donors (Lipinski definition) is 1. The van der Waals surface area contributed by atoms with Gasteiger partial charge in [0, 0.05) is 11.6 Å². The van der Waals surface area contributed by atoms with Crippen LogP contribution in [0.15, 0.2) is 62.1 Å². The van der Waals surface area contributed by atoms with Gasteiger partial charge in [-0.25, -0.2) is 4.79 Å². The molecule has 3 rings (SSSR count). The van der Waals surface area contributed by atoms with Crippen molar-refractivity contribution >= 4 is 33.6 Å². The smallest absolute Gasteiger partial charge is 0.375 e. The molecule has 7 nitrogen and oxygen atoms in total. The highest BCUT2D eigenvalue weighted by Crippen LogP contribution is 2.23. The van der Waals surface area contributed by atoms with E-state index in [4.69, 9.17) is 13.7 Å². The van der Waals surface area contributed by atoms with Gasteiger partial charge in [0.25, 0.3) is 5.91 Å². The minimum atomic E-state index is -1.17. The van der Waals surface area contributed by atoms with E-state index in [1.807, 2.05) is 0 Å². The summed E-state index contributed by atoms with van der Waals surface area (Å²) in [5, 5.41) is 6.26. The van der Waals surface area contributed by atoms with Crippen LogP contribution in [0.2, 0.25) is 0 Å². The zero-order chi connectivity index (χ0) is 17.8. The number of nitrogens with one attached hydrogen (secondary N) is 1. The van der Waals surface area contributed by atoms with E-state index in [-0.39, 0.29) is 11.6 Å². The van der Waals surface area contributed by atoms with Gasteiger partial charge in [-0.3, -0.25) is 4.79 Å². The van der Waals surface area contributed by atoms with Crippen molar-refractivity contribution in [1.29, 1.82) is 0 Å². The number of aromatic nitrogens is 1. The minimum Gasteiger partial charge on any atom is -0.442 e. The van der Waals surface area contributed by atoms with Crippen LogP contribution >= 0.6 is 15.9 Å². The van der Waals surface area contributed by atoms with Gasteiger partial charge < -0.3 is 19.0 Å². The molecule has 0 spiro atoms. The van der Waals surface area contributed by atoms with Crippen LogP contribution in [-0.4, -0.2) is 17.0 Å². The van der Waals surface area contributed by atoms with Gasteiger partial charge in [-0.1, -0.05) is 35.5 Å². The van der Waals surface area contributed by atoms with Crippen LogP contribution in [0.4, 0.5) is 5.82 Å². The average molecular weight is 405 g/mol. The first-order chi connectivity index (χ1) is 12.0. The number of nitrogens with zero attached hydrogens (tertiary/aromatic N) is 1. The van der Waals surface area contributed by atoms with Gasteiger partial charge in [-0.05, 0) is 35.0 Å². The molecule has 2 heterocycles. The van der Waals surface area contributed by atoms with Crippen LogP contribution in [0.3, 0.4) is 0 Å². The molecule has 1 unspecified atom stereocenters. The molecule has 0 aliphatic carbocycles. The molecule has 128 valence electrons. The molecule has 2 aromatic heterocycles. The van der Waals surface area contributed by atoms with Crippen LogP contribution in [0.5, 0.6) is 0 Å². The van der Waals surface area contributed by atoms with E-state index in [0.29, 0.717) is 16.0 Å². The first kappa shape index (κ1) is 17.0. The molecule has 0 saturated heterocycles. The zero-order valence-corrected chi connectivity index (χ0v) is 14.6. The summed E-state index contributed by atoms with van der Waals surface area (Å²) in [6.45, 7) is 1.70. The fourth-order valence-corrected chi connectivity index (χ4v) is 2.41. The van der Waals surface area contributed by atoms with Gasteiger partial charge in [-0.15, -0.1) is 0 Å². The molecule has 0 fully saturated rings. The largest absolute Gasteiger partial charge is 0.442 e. The first-order valence-corrected chi connectivity index (χ1v) is 8.07. The topological polar surface area (TPSA) is 94.6 Å². The van der Waals surface area contributed by atoms with Crippen LogP contribution in [0.25, 0.3) is 0 Å². The van der Waals surface area contributed by atoms with E-state index in [9.17, 15) is 9.59 Å². The van der Waals surface area contributed by atoms with E-state index in [1.54, 1.807) is 49.4 Å². The normalized spacial score (nSPS) is 11.8. The maximum Gasteiger partial charge on any atom is 0.375 e. The van der Waals surface area contributed by atoms with Gasteiger partial charge in [0.05, 0.1) is 0 Å². The number of carbonyl (C=O) groups is 2. The Kier molecular flexibility index (Phi) is 4.99. The number of ether oxygens (including phenoxy) is 1. The lowest BCUT2D eigenvalue weighted by atomic mass is 10.1. The highest BCUT2D eigenvalue weighted by atomic mass is 79.9. The number of aryl methyl sites for hydroxylation is 1. The Morgan fingerprint density at radius 1 is 1.20 bits per heavy atom. The third-order valence-corrected chi connectivity index (χ3v) is 3.65. The molecule has 1 atom stereocenters. The molecular formula is C17H13BrN2O5. The summed E-state index contributed by atoms with van der Waals surface area (Å²) in [5.41, 5.74) is 0.513. The van der Waals surface area contributed by atoms with Crippen molar-refractivity contribution in [2.45, 2.75) is 13.0 Å². The van der Waals surface area contributed by atoms with Crippen molar-refractivity contribution < 1.29 is 23.3 Å². The van der Waals surface area contributed by atoms with Crippen molar-refractivity contribution in [2.24, 2.45) is 0 Å². The second kappa shape index (κ2) is 7.35. The predicted octanol–water partition coefficient (Wildman–Crippen LogP) is 3.88. The van der Waals surface area contributed by atoms with Gasteiger partial charge in [0.15, 0.2) is 10.5 Å². The molecule has 8 heteroatoms. The Balaban J connectivity index is 1.82. The van der Waals surface area contributed by atoms with Gasteiger partial charge in [0.2, 0.25) is 11.9 Å². The molecule has 0 bridgehead atoms. The van der Waals surface area contributed by atoms with Crippen LogP contribution in [0.1, 0.15) is 28.0 Å². The maximum atomic E-state index is 12.6. The van der Waals surface area contributed by atoms with Gasteiger partial charge in [-0.2, -0.15) is 0 Å². The summed E-state index contributed by atoms with van der Waals surface area (Å²) in [7, 11) is 0. The molecule has 1 amide bonds. The van der Waals surface area contributed by atoms with Gasteiger partial charge in [0.1, 0.15) is 5.76 Å². The molecule has 0 aliphatic rings. The highest BCUT2D eigenvalue weighted by molar-refractivity contribution is 9.10. The summed E-state index contributed by atoms with van der Waals surface area (Å²) < 4.78 is 15.8. The SMILES string of the molecule is Cc1cc(NC(=O)C(OC(=O)c2ccc(Br)o2)c2ccccc2)no1. The molecular weight excluding hydrogens is 392 g/mol. The summed E-state index contributed by atoms with van der Waals surface area (Å²) >= 11 is 3.11. The molecule has 0 saturated carbocycles. The van der Waals surface area contributed by atoms with E-state index in [2.05, 4.69) is 26.4 Å². The fraction of sp³-hybridized carbons (Fsp3) is 0.118. The lowest BCUT2D eigenvalue weighted by molar-refractivity contribution is -0.125. The Morgan fingerprint density at radius 2 is 1.96 bits per heavy atom. The number of halogens is 1. The Labute approximate surface area is 151 Å².